The first-order valence-corrected chi connectivity index (χ1v) is 7.52. The van der Waals surface area contributed by atoms with Crippen LogP contribution in [0, 0.1) is 5.92 Å². The SMILES string of the molecule is CC1CCCC(NC(=O)C2CSCN2)CC1. The van der Waals surface area contributed by atoms with E-state index in [2.05, 4.69) is 17.6 Å². The molecule has 0 aromatic rings. The molecule has 2 fully saturated rings. The Hall–Kier alpha value is -0.220. The highest BCUT2D eigenvalue weighted by atomic mass is 32.2. The number of hydrogen-bond donors (Lipinski definition) is 2. The predicted molar refractivity (Wildman–Crippen MR) is 68.4 cm³/mol. The minimum Gasteiger partial charge on any atom is -0.352 e. The van der Waals surface area contributed by atoms with Gasteiger partial charge in [-0.05, 0) is 25.2 Å². The minimum absolute atomic E-state index is 0.0469. The van der Waals surface area contributed by atoms with Crippen LogP contribution in [0.1, 0.15) is 39.0 Å². The fraction of sp³-hybridized carbons (Fsp3) is 0.917. The molecule has 92 valence electrons. The number of carbonyl (C=O) groups is 1. The maximum atomic E-state index is 11.9. The molecule has 2 rings (SSSR count). The van der Waals surface area contributed by atoms with E-state index in [4.69, 9.17) is 0 Å². The standard InChI is InChI=1S/C12H22N2OS/c1-9-3-2-4-10(6-5-9)14-12(15)11-7-16-8-13-11/h9-11,13H,2-8H2,1H3,(H,14,15). The Bertz CT molecular complexity index is 241. The highest BCUT2D eigenvalue weighted by Crippen LogP contribution is 2.22. The summed E-state index contributed by atoms with van der Waals surface area (Å²) >= 11 is 1.81. The lowest BCUT2D eigenvalue weighted by molar-refractivity contribution is -0.123. The van der Waals surface area contributed by atoms with Gasteiger partial charge in [-0.1, -0.05) is 19.8 Å². The van der Waals surface area contributed by atoms with Gasteiger partial charge in [-0.3, -0.25) is 10.1 Å². The molecule has 1 saturated heterocycles. The third kappa shape index (κ3) is 3.39. The number of rotatable bonds is 2. The average molecular weight is 242 g/mol. The van der Waals surface area contributed by atoms with E-state index in [0.717, 1.165) is 30.4 Å². The summed E-state index contributed by atoms with van der Waals surface area (Å²) in [5.41, 5.74) is 0. The van der Waals surface area contributed by atoms with Crippen molar-refractivity contribution >= 4 is 17.7 Å². The lowest BCUT2D eigenvalue weighted by Crippen LogP contribution is -2.46. The molecule has 4 heteroatoms. The Morgan fingerprint density at radius 1 is 1.31 bits per heavy atom. The minimum atomic E-state index is 0.0469. The summed E-state index contributed by atoms with van der Waals surface area (Å²) in [6.45, 7) is 2.32. The monoisotopic (exact) mass is 242 g/mol. The zero-order valence-corrected chi connectivity index (χ0v) is 10.8. The summed E-state index contributed by atoms with van der Waals surface area (Å²) in [4.78, 5) is 11.9. The van der Waals surface area contributed by atoms with Crippen molar-refractivity contribution in [3.05, 3.63) is 0 Å². The Morgan fingerprint density at radius 2 is 2.19 bits per heavy atom. The van der Waals surface area contributed by atoms with Crippen LogP contribution in [0.4, 0.5) is 0 Å². The van der Waals surface area contributed by atoms with Gasteiger partial charge in [0.15, 0.2) is 0 Å². The van der Waals surface area contributed by atoms with Gasteiger partial charge in [-0.15, -0.1) is 11.8 Å². The molecule has 1 heterocycles. The van der Waals surface area contributed by atoms with Crippen LogP contribution in [-0.4, -0.2) is 29.6 Å². The van der Waals surface area contributed by atoms with Crippen molar-refractivity contribution in [2.45, 2.75) is 51.1 Å². The van der Waals surface area contributed by atoms with E-state index in [1.807, 2.05) is 0 Å². The number of amides is 1. The van der Waals surface area contributed by atoms with Crippen molar-refractivity contribution in [3.8, 4) is 0 Å². The Morgan fingerprint density at radius 3 is 2.94 bits per heavy atom. The maximum absolute atomic E-state index is 11.9. The van der Waals surface area contributed by atoms with Crippen LogP contribution >= 0.6 is 11.8 Å². The normalized spacial score (nSPS) is 35.7. The lowest BCUT2D eigenvalue weighted by Gasteiger charge is -2.19. The van der Waals surface area contributed by atoms with E-state index in [1.165, 1.54) is 19.3 Å². The van der Waals surface area contributed by atoms with Crippen LogP contribution in [-0.2, 0) is 4.79 Å². The summed E-state index contributed by atoms with van der Waals surface area (Å²) in [5.74, 6) is 2.89. The van der Waals surface area contributed by atoms with Crippen molar-refractivity contribution in [1.82, 2.24) is 10.6 Å². The van der Waals surface area contributed by atoms with Crippen molar-refractivity contribution < 1.29 is 4.79 Å². The molecule has 1 amide bonds. The van der Waals surface area contributed by atoms with Crippen LogP contribution in [0.25, 0.3) is 0 Å². The van der Waals surface area contributed by atoms with E-state index >= 15 is 0 Å². The van der Waals surface area contributed by atoms with Crippen LogP contribution in [0.2, 0.25) is 0 Å². The fourth-order valence-electron chi connectivity index (χ4n) is 2.50. The van der Waals surface area contributed by atoms with Gasteiger partial charge < -0.3 is 5.32 Å². The van der Waals surface area contributed by atoms with Gasteiger partial charge >= 0.3 is 0 Å². The first-order chi connectivity index (χ1) is 7.75. The van der Waals surface area contributed by atoms with Crippen molar-refractivity contribution in [3.63, 3.8) is 0 Å². The van der Waals surface area contributed by atoms with Crippen molar-refractivity contribution in [2.75, 3.05) is 11.6 Å². The van der Waals surface area contributed by atoms with E-state index in [9.17, 15) is 4.79 Å². The maximum Gasteiger partial charge on any atom is 0.238 e. The topological polar surface area (TPSA) is 41.1 Å². The largest absolute Gasteiger partial charge is 0.352 e. The predicted octanol–water partition coefficient (Wildman–Crippen LogP) is 1.73. The van der Waals surface area contributed by atoms with E-state index in [1.54, 1.807) is 11.8 Å². The zero-order valence-electron chi connectivity index (χ0n) is 10.00. The number of thioether (sulfide) groups is 1. The highest BCUT2D eigenvalue weighted by Gasteiger charge is 2.25. The van der Waals surface area contributed by atoms with E-state index < -0.39 is 0 Å². The van der Waals surface area contributed by atoms with Gasteiger partial charge in [0.2, 0.25) is 5.91 Å². The Labute approximate surface area is 102 Å². The molecular weight excluding hydrogens is 220 g/mol. The average Bonchev–Trinajstić information content (AvgIpc) is 2.72. The quantitative estimate of drug-likeness (QED) is 0.725. The van der Waals surface area contributed by atoms with Crippen molar-refractivity contribution in [2.24, 2.45) is 5.92 Å². The molecule has 3 atom stereocenters. The van der Waals surface area contributed by atoms with Gasteiger partial charge in [0.05, 0.1) is 6.04 Å². The van der Waals surface area contributed by atoms with Crippen LogP contribution < -0.4 is 10.6 Å². The van der Waals surface area contributed by atoms with E-state index in [-0.39, 0.29) is 11.9 Å². The van der Waals surface area contributed by atoms with Gasteiger partial charge in [-0.25, -0.2) is 0 Å². The molecule has 0 bridgehead atoms. The summed E-state index contributed by atoms with van der Waals surface area (Å²) in [6, 6.07) is 0.468. The number of nitrogens with one attached hydrogen (secondary N) is 2. The molecule has 1 aliphatic carbocycles. The van der Waals surface area contributed by atoms with Crippen molar-refractivity contribution in [1.29, 1.82) is 0 Å². The smallest absolute Gasteiger partial charge is 0.238 e. The molecule has 3 nitrogen and oxygen atoms in total. The summed E-state index contributed by atoms with van der Waals surface area (Å²) in [5, 5.41) is 6.43. The third-order valence-corrected chi connectivity index (χ3v) is 4.58. The van der Waals surface area contributed by atoms with E-state index in [0.29, 0.717) is 6.04 Å². The molecule has 2 aliphatic rings. The van der Waals surface area contributed by atoms with Crippen LogP contribution in [0.5, 0.6) is 0 Å². The molecule has 0 aromatic carbocycles. The van der Waals surface area contributed by atoms with Crippen LogP contribution in [0.15, 0.2) is 0 Å². The molecule has 3 unspecified atom stereocenters. The summed E-state index contributed by atoms with van der Waals surface area (Å²) in [6.07, 6.45) is 6.17. The second-order valence-corrected chi connectivity index (χ2v) is 6.12. The highest BCUT2D eigenvalue weighted by molar-refractivity contribution is 7.99. The molecule has 1 aliphatic heterocycles. The molecule has 2 N–H and O–H groups in total. The first kappa shape index (κ1) is 12.2. The van der Waals surface area contributed by atoms with Gasteiger partial charge in [-0.2, -0.15) is 0 Å². The second kappa shape index (κ2) is 5.92. The van der Waals surface area contributed by atoms with Gasteiger partial charge in [0.25, 0.3) is 0 Å². The fourth-order valence-corrected chi connectivity index (χ4v) is 3.44. The summed E-state index contributed by atoms with van der Waals surface area (Å²) < 4.78 is 0. The number of hydrogen-bond acceptors (Lipinski definition) is 3. The summed E-state index contributed by atoms with van der Waals surface area (Å²) in [7, 11) is 0. The third-order valence-electron chi connectivity index (χ3n) is 3.64. The number of carbonyl (C=O) groups excluding carboxylic acids is 1. The van der Waals surface area contributed by atoms with Gasteiger partial charge in [0.1, 0.15) is 0 Å². The molecule has 0 aromatic heterocycles. The second-order valence-electron chi connectivity index (χ2n) is 5.09. The first-order valence-electron chi connectivity index (χ1n) is 6.37. The lowest BCUT2D eigenvalue weighted by atomic mass is 10.0. The Kier molecular flexibility index (Phi) is 4.53. The molecule has 1 saturated carbocycles. The molecule has 16 heavy (non-hydrogen) atoms. The Balaban J connectivity index is 1.77. The zero-order chi connectivity index (χ0) is 11.4. The molecular formula is C12H22N2OS. The molecule has 0 radical (unpaired) electrons. The molecule has 0 spiro atoms. The van der Waals surface area contributed by atoms with Gasteiger partial charge in [0, 0.05) is 17.7 Å². The van der Waals surface area contributed by atoms with Crippen LogP contribution in [0.3, 0.4) is 0 Å².